The third-order valence-electron chi connectivity index (χ3n) is 3.25. The Morgan fingerprint density at radius 3 is 2.60 bits per heavy atom. The van der Waals surface area contributed by atoms with Gasteiger partial charge >= 0.3 is 12.3 Å². The van der Waals surface area contributed by atoms with Crippen LogP contribution in [0.1, 0.15) is 31.0 Å². The summed E-state index contributed by atoms with van der Waals surface area (Å²) in [6.07, 6.45) is -5.44. The number of benzene rings is 1. The Labute approximate surface area is 112 Å². The summed E-state index contributed by atoms with van der Waals surface area (Å²) in [6.45, 7) is 3.24. The SMILES string of the molecule is CC1(C)COC(=O)N[C@H]1c1cc(F)ccc1C(F)(F)F. The maximum Gasteiger partial charge on any atom is 0.416 e. The van der Waals surface area contributed by atoms with Crippen molar-refractivity contribution < 1.29 is 27.1 Å². The molecular weight excluding hydrogens is 278 g/mol. The molecule has 110 valence electrons. The summed E-state index contributed by atoms with van der Waals surface area (Å²) < 4.78 is 57.2. The van der Waals surface area contributed by atoms with E-state index in [1.807, 2.05) is 0 Å². The molecule has 7 heteroatoms. The average molecular weight is 291 g/mol. The quantitative estimate of drug-likeness (QED) is 0.802. The molecule has 1 amide bonds. The minimum Gasteiger partial charge on any atom is -0.449 e. The summed E-state index contributed by atoms with van der Waals surface area (Å²) in [7, 11) is 0. The third kappa shape index (κ3) is 2.71. The molecule has 0 radical (unpaired) electrons. The summed E-state index contributed by atoms with van der Waals surface area (Å²) in [6, 6.07) is 1.26. The van der Waals surface area contributed by atoms with Crippen molar-refractivity contribution in [2.24, 2.45) is 5.41 Å². The molecule has 0 aromatic heterocycles. The molecule has 1 atom stereocenters. The van der Waals surface area contributed by atoms with Crippen molar-refractivity contribution in [3.63, 3.8) is 0 Å². The second kappa shape index (κ2) is 4.64. The van der Waals surface area contributed by atoms with E-state index in [4.69, 9.17) is 4.74 Å². The molecule has 0 saturated carbocycles. The number of alkyl carbamates (subject to hydrolysis) is 1. The second-order valence-electron chi connectivity index (χ2n) is 5.37. The van der Waals surface area contributed by atoms with Crippen molar-refractivity contribution >= 4 is 6.09 Å². The van der Waals surface area contributed by atoms with Gasteiger partial charge in [-0.25, -0.2) is 9.18 Å². The summed E-state index contributed by atoms with van der Waals surface area (Å²) in [5.74, 6) is -0.787. The number of amides is 1. The Bertz CT molecular complexity index is 540. The van der Waals surface area contributed by atoms with Gasteiger partial charge in [-0.2, -0.15) is 13.2 Å². The predicted octanol–water partition coefficient (Wildman–Crippen LogP) is 3.65. The van der Waals surface area contributed by atoms with Crippen molar-refractivity contribution in [1.82, 2.24) is 5.32 Å². The fourth-order valence-corrected chi connectivity index (χ4v) is 2.22. The van der Waals surface area contributed by atoms with Gasteiger partial charge in [-0.05, 0) is 23.8 Å². The molecule has 1 N–H and O–H groups in total. The van der Waals surface area contributed by atoms with E-state index in [2.05, 4.69) is 5.32 Å². The third-order valence-corrected chi connectivity index (χ3v) is 3.25. The summed E-state index contributed by atoms with van der Waals surface area (Å²) in [5.41, 5.74) is -2.04. The van der Waals surface area contributed by atoms with Crippen LogP contribution in [0, 0.1) is 11.2 Å². The molecule has 0 bridgehead atoms. The lowest BCUT2D eigenvalue weighted by Gasteiger charge is -2.39. The van der Waals surface area contributed by atoms with Gasteiger partial charge in [-0.15, -0.1) is 0 Å². The Kier molecular flexibility index (Phi) is 3.39. The molecule has 1 aliphatic rings. The molecule has 0 unspecified atom stereocenters. The number of carbonyl (C=O) groups excluding carboxylic acids is 1. The molecular formula is C13H13F4NO2. The van der Waals surface area contributed by atoms with E-state index in [0.717, 1.165) is 12.1 Å². The predicted molar refractivity (Wildman–Crippen MR) is 62.4 cm³/mol. The van der Waals surface area contributed by atoms with Crippen molar-refractivity contribution in [2.75, 3.05) is 6.61 Å². The lowest BCUT2D eigenvalue weighted by atomic mass is 9.78. The number of hydrogen-bond donors (Lipinski definition) is 1. The first-order chi connectivity index (χ1) is 9.11. The first-order valence-electron chi connectivity index (χ1n) is 5.91. The van der Waals surface area contributed by atoms with Crippen LogP contribution in [0.4, 0.5) is 22.4 Å². The van der Waals surface area contributed by atoms with Crippen molar-refractivity contribution in [3.8, 4) is 0 Å². The van der Waals surface area contributed by atoms with Gasteiger partial charge in [-0.3, -0.25) is 0 Å². The first kappa shape index (κ1) is 14.6. The topological polar surface area (TPSA) is 38.3 Å². The van der Waals surface area contributed by atoms with E-state index in [0.29, 0.717) is 6.07 Å². The summed E-state index contributed by atoms with van der Waals surface area (Å²) in [4.78, 5) is 11.3. The monoisotopic (exact) mass is 291 g/mol. The fraction of sp³-hybridized carbons (Fsp3) is 0.462. The molecule has 3 nitrogen and oxygen atoms in total. The van der Waals surface area contributed by atoms with Gasteiger partial charge in [0.15, 0.2) is 0 Å². The van der Waals surface area contributed by atoms with Crippen LogP contribution in [0.5, 0.6) is 0 Å². The van der Waals surface area contributed by atoms with E-state index in [9.17, 15) is 22.4 Å². The highest BCUT2D eigenvalue weighted by Crippen LogP contribution is 2.42. The summed E-state index contributed by atoms with van der Waals surface area (Å²) in [5, 5.41) is 2.33. The molecule has 1 aromatic carbocycles. The lowest BCUT2D eigenvalue weighted by molar-refractivity contribution is -0.139. The summed E-state index contributed by atoms with van der Waals surface area (Å²) >= 11 is 0. The zero-order valence-corrected chi connectivity index (χ0v) is 10.8. The number of cyclic esters (lactones) is 1. The van der Waals surface area contributed by atoms with Gasteiger partial charge in [0.05, 0.1) is 11.6 Å². The van der Waals surface area contributed by atoms with E-state index in [-0.39, 0.29) is 12.2 Å². The van der Waals surface area contributed by atoms with Gasteiger partial charge in [0.1, 0.15) is 12.4 Å². The number of hydrogen-bond acceptors (Lipinski definition) is 2. The number of rotatable bonds is 1. The normalized spacial score (nSPS) is 22.1. The number of carbonyl (C=O) groups is 1. The minimum atomic E-state index is -4.62. The van der Waals surface area contributed by atoms with E-state index < -0.39 is 35.1 Å². The van der Waals surface area contributed by atoms with Gasteiger partial charge < -0.3 is 10.1 Å². The highest BCUT2D eigenvalue weighted by Gasteiger charge is 2.43. The van der Waals surface area contributed by atoms with Crippen LogP contribution >= 0.6 is 0 Å². The van der Waals surface area contributed by atoms with Crippen LogP contribution < -0.4 is 5.32 Å². The molecule has 1 aliphatic heterocycles. The molecule has 20 heavy (non-hydrogen) atoms. The largest absolute Gasteiger partial charge is 0.449 e. The molecule has 0 aliphatic carbocycles. The Balaban J connectivity index is 2.55. The van der Waals surface area contributed by atoms with Gasteiger partial charge in [-0.1, -0.05) is 13.8 Å². The molecule has 0 spiro atoms. The molecule has 2 rings (SSSR count). The van der Waals surface area contributed by atoms with Gasteiger partial charge in [0.2, 0.25) is 0 Å². The van der Waals surface area contributed by atoms with Crippen molar-refractivity contribution in [3.05, 3.63) is 35.1 Å². The van der Waals surface area contributed by atoms with Crippen molar-refractivity contribution in [2.45, 2.75) is 26.1 Å². The zero-order valence-electron chi connectivity index (χ0n) is 10.8. The maximum absolute atomic E-state index is 13.3. The zero-order chi connectivity index (χ0) is 15.1. The number of alkyl halides is 3. The number of ether oxygens (including phenoxy) is 1. The second-order valence-corrected chi connectivity index (χ2v) is 5.37. The van der Waals surface area contributed by atoms with Crippen LogP contribution in [0.15, 0.2) is 18.2 Å². The standard InChI is InChI=1S/C13H13F4NO2/c1-12(2)6-20-11(19)18-10(12)8-5-7(14)3-4-9(8)13(15,16)17/h3-5,10H,6H2,1-2H3,(H,18,19)/t10-/m0/s1. The van der Waals surface area contributed by atoms with Crippen molar-refractivity contribution in [1.29, 1.82) is 0 Å². The van der Waals surface area contributed by atoms with Crippen LogP contribution in [0.2, 0.25) is 0 Å². The maximum atomic E-state index is 13.3. The number of halogens is 4. The van der Waals surface area contributed by atoms with E-state index >= 15 is 0 Å². The first-order valence-corrected chi connectivity index (χ1v) is 5.91. The molecule has 1 heterocycles. The van der Waals surface area contributed by atoms with Gasteiger partial charge in [0.25, 0.3) is 0 Å². The number of nitrogens with one attached hydrogen (secondary N) is 1. The van der Waals surface area contributed by atoms with Crippen LogP contribution in [0.3, 0.4) is 0 Å². The van der Waals surface area contributed by atoms with Crippen LogP contribution in [-0.4, -0.2) is 12.7 Å². The Hall–Kier alpha value is -1.79. The highest BCUT2D eigenvalue weighted by atomic mass is 19.4. The van der Waals surface area contributed by atoms with E-state index in [1.54, 1.807) is 13.8 Å². The smallest absolute Gasteiger partial charge is 0.416 e. The molecule has 1 saturated heterocycles. The molecule has 1 aromatic rings. The average Bonchev–Trinajstić information content (AvgIpc) is 2.30. The minimum absolute atomic E-state index is 0.0443. The lowest BCUT2D eigenvalue weighted by Crippen LogP contribution is -2.47. The fourth-order valence-electron chi connectivity index (χ4n) is 2.22. The van der Waals surface area contributed by atoms with E-state index in [1.165, 1.54) is 0 Å². The Morgan fingerprint density at radius 2 is 2.00 bits per heavy atom. The van der Waals surface area contributed by atoms with Gasteiger partial charge in [0, 0.05) is 5.41 Å². The Morgan fingerprint density at radius 1 is 1.35 bits per heavy atom. The molecule has 1 fully saturated rings. The van der Waals surface area contributed by atoms with Crippen LogP contribution in [-0.2, 0) is 10.9 Å². The highest BCUT2D eigenvalue weighted by molar-refractivity contribution is 5.69. The van der Waals surface area contributed by atoms with Crippen LogP contribution in [0.25, 0.3) is 0 Å².